The third kappa shape index (κ3) is 4.52. The third-order valence-electron chi connectivity index (χ3n) is 3.06. The first-order chi connectivity index (χ1) is 7.93. The summed E-state index contributed by atoms with van der Waals surface area (Å²) in [4.78, 5) is 7.57. The maximum Gasteiger partial charge on any atom is 0.138 e. The molecule has 1 rings (SSSR count). The molecule has 17 heavy (non-hydrogen) atoms. The van der Waals surface area contributed by atoms with E-state index < -0.39 is 0 Å². The number of rotatable bonds is 0. The quantitative estimate of drug-likeness (QED) is 0.481. The summed E-state index contributed by atoms with van der Waals surface area (Å²) >= 11 is 12.5. The van der Waals surface area contributed by atoms with E-state index in [0.29, 0.717) is 6.61 Å². The van der Waals surface area contributed by atoms with Crippen molar-refractivity contribution in [2.75, 3.05) is 54.4 Å². The van der Waals surface area contributed by atoms with Gasteiger partial charge in [-0.05, 0) is 7.05 Å². The summed E-state index contributed by atoms with van der Waals surface area (Å²) in [5.41, 5.74) is -0.645. The molecule has 1 fully saturated rings. The van der Waals surface area contributed by atoms with E-state index in [2.05, 4.69) is 17.1 Å². The zero-order valence-electron chi connectivity index (χ0n) is 10.9. The molecular formula is C10H22Cl2N4O. The largest absolute Gasteiger partial charge is 0.296 e. The van der Waals surface area contributed by atoms with Gasteiger partial charge in [0.25, 0.3) is 0 Å². The second-order valence-corrected chi connectivity index (χ2v) is 5.26. The Morgan fingerprint density at radius 1 is 0.882 bits per heavy atom. The van der Waals surface area contributed by atoms with E-state index in [1.54, 1.807) is 5.06 Å². The first-order valence-corrected chi connectivity index (χ1v) is 6.57. The van der Waals surface area contributed by atoms with Gasteiger partial charge in [-0.25, -0.2) is 10.0 Å². The molecule has 1 aliphatic rings. The lowest BCUT2D eigenvalue weighted by Gasteiger charge is -2.31. The lowest BCUT2D eigenvalue weighted by Crippen LogP contribution is -2.45. The Bertz CT molecular complexity index is 234. The molecule has 7 heteroatoms. The normalized spacial score (nSPS) is 33.5. The second-order valence-electron chi connectivity index (χ2n) is 4.37. The van der Waals surface area contributed by atoms with Gasteiger partial charge in [0.15, 0.2) is 0 Å². The molecule has 0 saturated carbocycles. The summed E-state index contributed by atoms with van der Waals surface area (Å²) in [6.07, 6.45) is 0. The van der Waals surface area contributed by atoms with Crippen LogP contribution < -0.4 is 0 Å². The second kappa shape index (κ2) is 7.09. The summed E-state index contributed by atoms with van der Waals surface area (Å²) in [6.45, 7) is 3.17. The van der Waals surface area contributed by atoms with E-state index in [0.717, 1.165) is 19.6 Å². The summed E-state index contributed by atoms with van der Waals surface area (Å²) in [5, 5.41) is 5.90. The molecule has 2 atom stereocenters. The number of alkyl halides is 2. The maximum absolute atomic E-state index is 6.29. The Labute approximate surface area is 114 Å². The monoisotopic (exact) mass is 284 g/mol. The molecule has 0 aliphatic carbocycles. The van der Waals surface area contributed by atoms with Crippen LogP contribution in [0.25, 0.3) is 0 Å². The van der Waals surface area contributed by atoms with Gasteiger partial charge in [-0.15, -0.1) is 23.2 Å². The molecule has 0 bridgehead atoms. The number of nitrogens with zero attached hydrogens (tertiary/aromatic N) is 4. The van der Waals surface area contributed by atoms with Crippen molar-refractivity contribution in [2.24, 2.45) is 0 Å². The van der Waals surface area contributed by atoms with Gasteiger partial charge in [0.2, 0.25) is 0 Å². The highest BCUT2D eigenvalue weighted by Gasteiger charge is 2.26. The summed E-state index contributed by atoms with van der Waals surface area (Å²) in [5.74, 6) is 0. The molecule has 0 aromatic carbocycles. The fraction of sp³-hybridized carbons (Fsp3) is 1.00. The van der Waals surface area contributed by atoms with Crippen molar-refractivity contribution in [1.82, 2.24) is 20.0 Å². The van der Waals surface area contributed by atoms with E-state index >= 15 is 0 Å². The molecule has 0 N–H and O–H groups in total. The van der Waals surface area contributed by atoms with E-state index in [4.69, 9.17) is 28.0 Å². The number of halogens is 2. The van der Waals surface area contributed by atoms with Crippen molar-refractivity contribution in [3.05, 3.63) is 0 Å². The van der Waals surface area contributed by atoms with Gasteiger partial charge >= 0.3 is 0 Å². The first-order valence-electron chi connectivity index (χ1n) is 5.69. The van der Waals surface area contributed by atoms with Gasteiger partial charge in [0, 0.05) is 40.8 Å². The van der Waals surface area contributed by atoms with E-state index in [1.165, 1.54) is 0 Å². The smallest absolute Gasteiger partial charge is 0.138 e. The van der Waals surface area contributed by atoms with Crippen LogP contribution in [0.2, 0.25) is 0 Å². The molecule has 0 amide bonds. The fourth-order valence-corrected chi connectivity index (χ4v) is 2.04. The molecule has 102 valence electrons. The van der Waals surface area contributed by atoms with E-state index in [-0.39, 0.29) is 11.0 Å². The molecule has 0 aromatic rings. The SMILES string of the molecule is CN1CCN(C)N(C)CCON(C)C(Cl)C1Cl. The molecule has 0 spiro atoms. The highest BCUT2D eigenvalue weighted by Crippen LogP contribution is 2.17. The zero-order chi connectivity index (χ0) is 13.0. The summed E-state index contributed by atoms with van der Waals surface area (Å²) in [7, 11) is 7.86. The fourth-order valence-electron chi connectivity index (χ4n) is 1.54. The lowest BCUT2D eigenvalue weighted by molar-refractivity contribution is -0.161. The van der Waals surface area contributed by atoms with Crippen LogP contribution in [0.1, 0.15) is 0 Å². The molecule has 1 saturated heterocycles. The van der Waals surface area contributed by atoms with Crippen LogP contribution in [0, 0.1) is 0 Å². The summed E-state index contributed by atoms with van der Waals surface area (Å²) in [6, 6.07) is 0. The number of likely N-dealkylation sites (N-methyl/N-ethyl adjacent to an activating group) is 4. The molecule has 0 aromatic heterocycles. The molecule has 0 radical (unpaired) electrons. The lowest BCUT2D eigenvalue weighted by atomic mass is 10.4. The highest BCUT2D eigenvalue weighted by atomic mass is 35.5. The highest BCUT2D eigenvalue weighted by molar-refractivity contribution is 6.29. The Kier molecular flexibility index (Phi) is 6.44. The van der Waals surface area contributed by atoms with Gasteiger partial charge in [0.05, 0.1) is 6.61 Å². The van der Waals surface area contributed by atoms with Crippen LogP contribution in [-0.4, -0.2) is 85.4 Å². The number of hydroxylamine groups is 2. The minimum Gasteiger partial charge on any atom is -0.296 e. The van der Waals surface area contributed by atoms with Crippen LogP contribution in [0.3, 0.4) is 0 Å². The Hall–Kier alpha value is 0.380. The molecule has 5 nitrogen and oxygen atoms in total. The predicted molar refractivity (Wildman–Crippen MR) is 70.9 cm³/mol. The van der Waals surface area contributed by atoms with Crippen molar-refractivity contribution >= 4 is 23.2 Å². The summed E-state index contributed by atoms with van der Waals surface area (Å²) < 4.78 is 0. The van der Waals surface area contributed by atoms with Crippen molar-refractivity contribution in [2.45, 2.75) is 11.0 Å². The predicted octanol–water partition coefficient (Wildman–Crippen LogP) is 0.704. The number of hydrogen-bond donors (Lipinski definition) is 0. The first kappa shape index (κ1) is 15.4. The van der Waals surface area contributed by atoms with Crippen LogP contribution in [-0.2, 0) is 4.84 Å². The van der Waals surface area contributed by atoms with Gasteiger partial charge < -0.3 is 0 Å². The van der Waals surface area contributed by atoms with E-state index in [1.807, 2.05) is 26.0 Å². The van der Waals surface area contributed by atoms with Crippen molar-refractivity contribution in [3.63, 3.8) is 0 Å². The van der Waals surface area contributed by atoms with Crippen molar-refractivity contribution < 1.29 is 4.84 Å². The number of hydrazine groups is 1. The van der Waals surface area contributed by atoms with E-state index in [9.17, 15) is 0 Å². The van der Waals surface area contributed by atoms with Gasteiger partial charge in [0.1, 0.15) is 11.0 Å². The third-order valence-corrected chi connectivity index (χ3v) is 4.28. The van der Waals surface area contributed by atoms with Crippen molar-refractivity contribution in [3.8, 4) is 0 Å². The molecular weight excluding hydrogens is 263 g/mol. The van der Waals surface area contributed by atoms with Crippen LogP contribution in [0.4, 0.5) is 0 Å². The van der Waals surface area contributed by atoms with Crippen LogP contribution >= 0.6 is 23.2 Å². The van der Waals surface area contributed by atoms with Gasteiger partial charge in [-0.1, -0.05) is 0 Å². The maximum atomic E-state index is 6.29. The minimum atomic E-state index is -0.365. The van der Waals surface area contributed by atoms with Crippen LogP contribution in [0.15, 0.2) is 0 Å². The Morgan fingerprint density at radius 3 is 2.12 bits per heavy atom. The molecule has 1 heterocycles. The Balaban J connectivity index is 2.66. The number of hydrogen-bond acceptors (Lipinski definition) is 5. The average molecular weight is 285 g/mol. The molecule has 1 aliphatic heterocycles. The standard InChI is InChI=1S/C10H22Cl2N4O/c1-13-5-6-14(2)15(3)7-8-17-16(4)10(12)9(13)11/h9-10H,5-8H2,1-4H3. The Morgan fingerprint density at radius 2 is 1.47 bits per heavy atom. The van der Waals surface area contributed by atoms with Crippen molar-refractivity contribution in [1.29, 1.82) is 0 Å². The van der Waals surface area contributed by atoms with Gasteiger partial charge in [-0.3, -0.25) is 9.74 Å². The minimum absolute atomic E-state index is 0.279. The van der Waals surface area contributed by atoms with Gasteiger partial charge in [-0.2, -0.15) is 5.06 Å². The van der Waals surface area contributed by atoms with Crippen LogP contribution in [0.5, 0.6) is 0 Å². The molecule has 2 unspecified atom stereocenters. The average Bonchev–Trinajstić information content (AvgIpc) is 2.32. The topological polar surface area (TPSA) is 22.2 Å². The zero-order valence-corrected chi connectivity index (χ0v) is 12.4.